The van der Waals surface area contributed by atoms with Gasteiger partial charge in [-0.15, -0.1) is 0 Å². The largest absolute Gasteiger partial charge is 0.480 e. The Morgan fingerprint density at radius 2 is 2.13 bits per heavy atom. The van der Waals surface area contributed by atoms with E-state index in [2.05, 4.69) is 9.97 Å². The number of fused-ring (bicyclic) bond motifs is 1. The van der Waals surface area contributed by atoms with Gasteiger partial charge < -0.3 is 10.5 Å². The lowest BCUT2D eigenvalue weighted by atomic mass is 10.1. The molecule has 2 aromatic rings. The summed E-state index contributed by atoms with van der Waals surface area (Å²) in [6.45, 7) is 2.34. The Morgan fingerprint density at radius 3 is 2.80 bits per heavy atom. The molecular weight excluding hydrogens is 190 g/mol. The maximum Gasteiger partial charge on any atom is 0.224 e. The topological polar surface area (TPSA) is 61.0 Å². The summed E-state index contributed by atoms with van der Waals surface area (Å²) in [6.07, 6.45) is 0. The minimum absolute atomic E-state index is 0.320. The molecule has 0 radical (unpaired) electrons. The number of ether oxygens (including phenoxy) is 1. The van der Waals surface area contributed by atoms with Crippen LogP contribution in [-0.4, -0.2) is 17.1 Å². The van der Waals surface area contributed by atoms with Crippen molar-refractivity contribution in [3.05, 3.63) is 29.6 Å². The SMILES string of the molecule is COc1nc(CN)nc2ccc(C)cc12. The second kappa shape index (κ2) is 3.82. The van der Waals surface area contributed by atoms with Crippen molar-refractivity contribution in [2.45, 2.75) is 13.5 Å². The van der Waals surface area contributed by atoms with Crippen LogP contribution in [0.4, 0.5) is 0 Å². The molecule has 0 atom stereocenters. The summed E-state index contributed by atoms with van der Waals surface area (Å²) in [6, 6.07) is 5.97. The summed E-state index contributed by atoms with van der Waals surface area (Å²) >= 11 is 0. The van der Waals surface area contributed by atoms with Gasteiger partial charge in [-0.1, -0.05) is 11.6 Å². The van der Waals surface area contributed by atoms with Crippen LogP contribution in [0.15, 0.2) is 18.2 Å². The Labute approximate surface area is 88.1 Å². The van der Waals surface area contributed by atoms with E-state index in [0.717, 1.165) is 16.5 Å². The average Bonchev–Trinajstić information content (AvgIpc) is 2.27. The molecule has 4 heteroatoms. The molecule has 2 N–H and O–H groups in total. The highest BCUT2D eigenvalue weighted by molar-refractivity contribution is 5.84. The fourth-order valence-electron chi connectivity index (χ4n) is 1.51. The zero-order valence-corrected chi connectivity index (χ0v) is 8.82. The molecule has 0 fully saturated rings. The second-order valence-corrected chi connectivity index (χ2v) is 3.37. The number of nitrogens with two attached hydrogens (primary N) is 1. The van der Waals surface area contributed by atoms with E-state index in [1.165, 1.54) is 0 Å². The van der Waals surface area contributed by atoms with Crippen LogP contribution in [0, 0.1) is 6.92 Å². The minimum Gasteiger partial charge on any atom is -0.480 e. The van der Waals surface area contributed by atoms with Crippen LogP contribution in [0.1, 0.15) is 11.4 Å². The molecule has 0 saturated carbocycles. The Hall–Kier alpha value is -1.68. The molecule has 1 heterocycles. The van der Waals surface area contributed by atoms with E-state index in [0.29, 0.717) is 18.2 Å². The number of hydrogen-bond donors (Lipinski definition) is 1. The third-order valence-electron chi connectivity index (χ3n) is 2.24. The van der Waals surface area contributed by atoms with Crippen molar-refractivity contribution >= 4 is 10.9 Å². The van der Waals surface area contributed by atoms with Crippen molar-refractivity contribution in [3.63, 3.8) is 0 Å². The fourth-order valence-corrected chi connectivity index (χ4v) is 1.51. The van der Waals surface area contributed by atoms with Crippen molar-refractivity contribution < 1.29 is 4.74 Å². The van der Waals surface area contributed by atoms with Gasteiger partial charge in [-0.05, 0) is 19.1 Å². The molecule has 0 bridgehead atoms. The molecule has 0 spiro atoms. The first-order valence-corrected chi connectivity index (χ1v) is 4.76. The van der Waals surface area contributed by atoms with E-state index in [1.807, 2.05) is 25.1 Å². The van der Waals surface area contributed by atoms with Crippen molar-refractivity contribution in [2.24, 2.45) is 5.73 Å². The lowest BCUT2D eigenvalue weighted by Gasteiger charge is -2.06. The Morgan fingerprint density at radius 1 is 1.33 bits per heavy atom. The molecule has 0 aliphatic heterocycles. The fraction of sp³-hybridized carbons (Fsp3) is 0.273. The number of nitrogens with zero attached hydrogens (tertiary/aromatic N) is 2. The highest BCUT2D eigenvalue weighted by Crippen LogP contribution is 2.22. The van der Waals surface area contributed by atoms with E-state index in [1.54, 1.807) is 7.11 Å². The highest BCUT2D eigenvalue weighted by Gasteiger charge is 2.06. The van der Waals surface area contributed by atoms with Gasteiger partial charge in [-0.25, -0.2) is 4.98 Å². The Kier molecular flexibility index (Phi) is 2.51. The van der Waals surface area contributed by atoms with E-state index in [-0.39, 0.29) is 0 Å². The van der Waals surface area contributed by atoms with E-state index in [4.69, 9.17) is 10.5 Å². The van der Waals surface area contributed by atoms with Gasteiger partial charge in [0.2, 0.25) is 5.88 Å². The first kappa shape index (κ1) is 9.86. The normalized spacial score (nSPS) is 10.6. The Bertz CT molecular complexity index is 496. The van der Waals surface area contributed by atoms with Crippen molar-refractivity contribution in [2.75, 3.05) is 7.11 Å². The number of rotatable bonds is 2. The third kappa shape index (κ3) is 1.76. The summed E-state index contributed by atoms with van der Waals surface area (Å²) in [4.78, 5) is 8.55. The minimum atomic E-state index is 0.320. The smallest absolute Gasteiger partial charge is 0.224 e. The molecular formula is C11H13N3O. The molecule has 1 aromatic carbocycles. The second-order valence-electron chi connectivity index (χ2n) is 3.37. The molecule has 78 valence electrons. The summed E-state index contributed by atoms with van der Waals surface area (Å²) in [5.74, 6) is 1.19. The maximum atomic E-state index is 5.51. The average molecular weight is 203 g/mol. The third-order valence-corrected chi connectivity index (χ3v) is 2.24. The van der Waals surface area contributed by atoms with Crippen LogP contribution in [0.25, 0.3) is 10.9 Å². The monoisotopic (exact) mass is 203 g/mol. The predicted octanol–water partition coefficient (Wildman–Crippen LogP) is 1.41. The van der Waals surface area contributed by atoms with Gasteiger partial charge >= 0.3 is 0 Å². The van der Waals surface area contributed by atoms with Gasteiger partial charge in [0.25, 0.3) is 0 Å². The number of aryl methyl sites for hydroxylation is 1. The lowest BCUT2D eigenvalue weighted by Crippen LogP contribution is -2.04. The maximum absolute atomic E-state index is 5.51. The Balaban J connectivity index is 2.75. The molecule has 0 aliphatic rings. The van der Waals surface area contributed by atoms with Crippen LogP contribution in [0.3, 0.4) is 0 Å². The van der Waals surface area contributed by atoms with Crippen LogP contribution < -0.4 is 10.5 Å². The van der Waals surface area contributed by atoms with Gasteiger partial charge in [-0.2, -0.15) is 4.98 Å². The number of hydrogen-bond acceptors (Lipinski definition) is 4. The quantitative estimate of drug-likeness (QED) is 0.801. The highest BCUT2D eigenvalue weighted by atomic mass is 16.5. The molecule has 0 aliphatic carbocycles. The molecule has 2 rings (SSSR count). The number of benzene rings is 1. The zero-order valence-electron chi connectivity index (χ0n) is 8.82. The van der Waals surface area contributed by atoms with E-state index in [9.17, 15) is 0 Å². The van der Waals surface area contributed by atoms with Crippen molar-refractivity contribution in [3.8, 4) is 5.88 Å². The van der Waals surface area contributed by atoms with E-state index >= 15 is 0 Å². The predicted molar refractivity (Wildman–Crippen MR) is 58.7 cm³/mol. The molecule has 0 saturated heterocycles. The molecule has 0 amide bonds. The first-order chi connectivity index (χ1) is 7.24. The summed E-state index contributed by atoms with van der Waals surface area (Å²) in [7, 11) is 1.60. The van der Waals surface area contributed by atoms with Gasteiger partial charge in [0.05, 0.1) is 24.6 Å². The standard InChI is InChI=1S/C11H13N3O/c1-7-3-4-9-8(5-7)11(15-2)14-10(6-12)13-9/h3-5H,6,12H2,1-2H3. The van der Waals surface area contributed by atoms with E-state index < -0.39 is 0 Å². The summed E-state index contributed by atoms with van der Waals surface area (Å²) in [5, 5.41) is 0.926. The number of aromatic nitrogens is 2. The van der Waals surface area contributed by atoms with Gasteiger partial charge in [0.1, 0.15) is 5.82 Å². The molecule has 0 unspecified atom stereocenters. The van der Waals surface area contributed by atoms with Gasteiger partial charge in [0, 0.05) is 0 Å². The first-order valence-electron chi connectivity index (χ1n) is 4.76. The molecule has 15 heavy (non-hydrogen) atoms. The summed E-state index contributed by atoms with van der Waals surface area (Å²) < 4.78 is 5.22. The van der Waals surface area contributed by atoms with Crippen LogP contribution in [0.2, 0.25) is 0 Å². The molecule has 4 nitrogen and oxygen atoms in total. The van der Waals surface area contributed by atoms with Crippen LogP contribution >= 0.6 is 0 Å². The van der Waals surface area contributed by atoms with Gasteiger partial charge in [0.15, 0.2) is 0 Å². The van der Waals surface area contributed by atoms with Crippen LogP contribution in [-0.2, 0) is 6.54 Å². The van der Waals surface area contributed by atoms with Crippen molar-refractivity contribution in [1.29, 1.82) is 0 Å². The van der Waals surface area contributed by atoms with Crippen LogP contribution in [0.5, 0.6) is 5.88 Å². The zero-order chi connectivity index (χ0) is 10.8. The molecule has 1 aromatic heterocycles. The lowest BCUT2D eigenvalue weighted by molar-refractivity contribution is 0.400. The number of methoxy groups -OCH3 is 1. The van der Waals surface area contributed by atoms with Crippen molar-refractivity contribution in [1.82, 2.24) is 9.97 Å². The van der Waals surface area contributed by atoms with Gasteiger partial charge in [-0.3, -0.25) is 0 Å². The summed E-state index contributed by atoms with van der Waals surface area (Å²) in [5.41, 5.74) is 7.54.